The van der Waals surface area contributed by atoms with Crippen LogP contribution in [0.5, 0.6) is 0 Å². The van der Waals surface area contributed by atoms with E-state index in [9.17, 15) is 24.0 Å². The minimum absolute atomic E-state index is 0.00940. The molecule has 12 heteroatoms. The normalized spacial score (nSPS) is 18.8. The molecule has 0 aromatic heterocycles. The summed E-state index contributed by atoms with van der Waals surface area (Å²) in [6.07, 6.45) is 1.43. The van der Waals surface area contributed by atoms with Crippen LogP contribution in [-0.2, 0) is 44.6 Å². The third kappa shape index (κ3) is 11.3. The molecule has 0 saturated carbocycles. The van der Waals surface area contributed by atoms with E-state index in [2.05, 4.69) is 10.6 Å². The lowest BCUT2D eigenvalue weighted by molar-refractivity contribution is -0.148. The highest BCUT2D eigenvalue weighted by atomic mass is 16.5. The fourth-order valence-corrected chi connectivity index (χ4v) is 6.80. The SMILES string of the molecule is CCC(=O)N[C@H](C(=O)N(C)[C@@H]([C@@H](C)CC)[C@@H](CC(=O)N1CCC[C@H]1[C@H](OC)[C@@H](C)C(=O)N[C@@H](Cc1ccccc1)C(=O)OC)OC)C(C)C. The Morgan fingerprint density at radius 1 is 0.959 bits per heavy atom. The molecule has 12 nitrogen and oxygen atoms in total. The van der Waals surface area contributed by atoms with Crippen LogP contribution in [0, 0.1) is 17.8 Å². The summed E-state index contributed by atoms with van der Waals surface area (Å²) in [7, 11) is 6.07. The molecule has 1 aromatic rings. The summed E-state index contributed by atoms with van der Waals surface area (Å²) >= 11 is 0. The average Bonchev–Trinajstić information content (AvgIpc) is 3.59. The predicted octanol–water partition coefficient (Wildman–Crippen LogP) is 3.36. The highest BCUT2D eigenvalue weighted by Crippen LogP contribution is 2.29. The van der Waals surface area contributed by atoms with Crippen molar-refractivity contribution in [2.24, 2.45) is 17.8 Å². The van der Waals surface area contributed by atoms with Crippen LogP contribution in [0.15, 0.2) is 30.3 Å². The fraction of sp³-hybridized carbons (Fsp3) is 0.703. The molecule has 1 aromatic carbocycles. The molecule has 276 valence electrons. The van der Waals surface area contributed by atoms with Gasteiger partial charge in [0.25, 0.3) is 0 Å². The topological polar surface area (TPSA) is 144 Å². The van der Waals surface area contributed by atoms with Gasteiger partial charge in [-0.1, -0.05) is 78.3 Å². The standard InChI is InChI=1S/C37H60N4O8/c1-11-24(5)33(40(7)36(45)32(23(3)4)39-30(42)12-2)29(47-8)22-31(43)41-20-16-19-28(41)34(48-9)25(6)35(44)38-27(37(46)49-10)21-26-17-14-13-15-18-26/h13-15,17-18,23-25,27-29,32-34H,11-12,16,19-22H2,1-10H3,(H,38,44)(H,39,42)/t24-,25+,27-,28-,29+,32-,33-,34+/m0/s1. The minimum atomic E-state index is -0.883. The van der Waals surface area contributed by atoms with E-state index in [1.54, 1.807) is 37.8 Å². The third-order valence-electron chi connectivity index (χ3n) is 9.91. The Balaban J connectivity index is 2.25. The van der Waals surface area contributed by atoms with Gasteiger partial charge < -0.3 is 34.6 Å². The Morgan fingerprint density at radius 2 is 1.61 bits per heavy atom. The summed E-state index contributed by atoms with van der Waals surface area (Å²) in [5.74, 6) is -2.35. The van der Waals surface area contributed by atoms with Gasteiger partial charge in [-0.05, 0) is 30.2 Å². The zero-order chi connectivity index (χ0) is 36.8. The monoisotopic (exact) mass is 688 g/mol. The largest absolute Gasteiger partial charge is 0.467 e. The van der Waals surface area contributed by atoms with Crippen LogP contribution < -0.4 is 10.6 Å². The molecule has 0 radical (unpaired) electrons. The van der Waals surface area contributed by atoms with E-state index in [-0.39, 0.29) is 60.8 Å². The van der Waals surface area contributed by atoms with Crippen LogP contribution in [0.2, 0.25) is 0 Å². The molecule has 8 atom stereocenters. The third-order valence-corrected chi connectivity index (χ3v) is 9.91. The van der Waals surface area contributed by atoms with Gasteiger partial charge in [0.2, 0.25) is 23.6 Å². The number of nitrogens with one attached hydrogen (secondary N) is 2. The highest BCUT2D eigenvalue weighted by molar-refractivity contribution is 5.88. The molecule has 0 unspecified atom stereocenters. The molecular formula is C37H60N4O8. The smallest absolute Gasteiger partial charge is 0.328 e. The first kappa shape index (κ1) is 41.7. The fourth-order valence-electron chi connectivity index (χ4n) is 6.80. The summed E-state index contributed by atoms with van der Waals surface area (Å²) < 4.78 is 16.8. The molecule has 1 heterocycles. The van der Waals surface area contributed by atoms with E-state index in [1.165, 1.54) is 14.2 Å². The molecule has 49 heavy (non-hydrogen) atoms. The number of esters is 1. The molecule has 2 rings (SSSR count). The van der Waals surface area contributed by atoms with E-state index in [0.29, 0.717) is 13.0 Å². The van der Waals surface area contributed by atoms with Crippen molar-refractivity contribution in [1.29, 1.82) is 0 Å². The number of likely N-dealkylation sites (tertiary alicyclic amines) is 1. The second-order valence-electron chi connectivity index (χ2n) is 13.5. The van der Waals surface area contributed by atoms with Crippen molar-refractivity contribution in [3.8, 4) is 0 Å². The number of methoxy groups -OCH3 is 3. The van der Waals surface area contributed by atoms with Crippen molar-refractivity contribution in [3.63, 3.8) is 0 Å². The Bertz CT molecular complexity index is 1230. The van der Waals surface area contributed by atoms with Crippen LogP contribution >= 0.6 is 0 Å². The molecule has 0 aliphatic carbocycles. The molecule has 1 fully saturated rings. The number of carbonyl (C=O) groups is 5. The van der Waals surface area contributed by atoms with Gasteiger partial charge in [0, 0.05) is 40.7 Å². The molecule has 1 aliphatic rings. The zero-order valence-corrected chi connectivity index (χ0v) is 31.2. The van der Waals surface area contributed by atoms with Gasteiger partial charge >= 0.3 is 5.97 Å². The van der Waals surface area contributed by atoms with Crippen LogP contribution in [-0.4, -0.2) is 111 Å². The van der Waals surface area contributed by atoms with E-state index in [1.807, 2.05) is 58.0 Å². The van der Waals surface area contributed by atoms with E-state index >= 15 is 0 Å². The minimum Gasteiger partial charge on any atom is -0.467 e. The first-order chi connectivity index (χ1) is 23.2. The zero-order valence-electron chi connectivity index (χ0n) is 31.2. The van der Waals surface area contributed by atoms with Gasteiger partial charge in [0.15, 0.2) is 0 Å². The number of nitrogens with zero attached hydrogens (tertiary/aromatic N) is 2. The van der Waals surface area contributed by atoms with Gasteiger partial charge in [-0.15, -0.1) is 0 Å². The number of rotatable bonds is 19. The second kappa shape index (κ2) is 20.2. The Labute approximate surface area is 293 Å². The lowest BCUT2D eigenvalue weighted by Crippen LogP contribution is -2.57. The van der Waals surface area contributed by atoms with Crippen LogP contribution in [0.4, 0.5) is 0 Å². The van der Waals surface area contributed by atoms with E-state index < -0.39 is 42.2 Å². The Morgan fingerprint density at radius 3 is 2.14 bits per heavy atom. The summed E-state index contributed by atoms with van der Waals surface area (Å²) in [5.41, 5.74) is 0.878. The van der Waals surface area contributed by atoms with Crippen molar-refractivity contribution in [2.75, 3.05) is 34.9 Å². The first-order valence-corrected chi connectivity index (χ1v) is 17.6. The molecule has 1 aliphatic heterocycles. The number of benzene rings is 1. The van der Waals surface area contributed by atoms with Crippen molar-refractivity contribution >= 4 is 29.6 Å². The Hall–Kier alpha value is -3.51. The maximum atomic E-state index is 14.0. The van der Waals surface area contributed by atoms with E-state index in [4.69, 9.17) is 14.2 Å². The number of carbonyl (C=O) groups excluding carboxylic acids is 5. The van der Waals surface area contributed by atoms with Crippen molar-refractivity contribution in [2.45, 2.75) is 116 Å². The molecular weight excluding hydrogens is 628 g/mol. The number of ether oxygens (including phenoxy) is 3. The maximum Gasteiger partial charge on any atom is 0.328 e. The summed E-state index contributed by atoms with van der Waals surface area (Å²) in [5, 5.41) is 5.71. The van der Waals surface area contributed by atoms with E-state index in [0.717, 1.165) is 18.4 Å². The van der Waals surface area contributed by atoms with Gasteiger partial charge in [-0.3, -0.25) is 19.2 Å². The summed E-state index contributed by atoms with van der Waals surface area (Å²) in [6, 6.07) is 6.97. The average molecular weight is 689 g/mol. The van der Waals surface area contributed by atoms with Gasteiger partial charge in [0.05, 0.1) is 43.7 Å². The number of amides is 4. The van der Waals surface area contributed by atoms with Crippen LogP contribution in [0.3, 0.4) is 0 Å². The quantitative estimate of drug-likeness (QED) is 0.211. The summed E-state index contributed by atoms with van der Waals surface area (Å²) in [6.45, 7) is 11.8. The van der Waals surface area contributed by atoms with Gasteiger partial charge in [-0.2, -0.15) is 0 Å². The number of hydrogen-bond acceptors (Lipinski definition) is 8. The lowest BCUT2D eigenvalue weighted by atomic mass is 9.89. The molecule has 0 bridgehead atoms. The molecule has 1 saturated heterocycles. The number of likely N-dealkylation sites (N-methyl/N-ethyl adjacent to an activating group) is 1. The first-order valence-electron chi connectivity index (χ1n) is 17.6. The number of hydrogen-bond donors (Lipinski definition) is 2. The van der Waals surface area contributed by atoms with Crippen LogP contribution in [0.1, 0.15) is 79.2 Å². The van der Waals surface area contributed by atoms with Crippen LogP contribution in [0.25, 0.3) is 0 Å². The van der Waals surface area contributed by atoms with Gasteiger partial charge in [0.1, 0.15) is 12.1 Å². The van der Waals surface area contributed by atoms with Crippen molar-refractivity contribution in [3.05, 3.63) is 35.9 Å². The second-order valence-corrected chi connectivity index (χ2v) is 13.5. The lowest BCUT2D eigenvalue weighted by Gasteiger charge is -2.40. The van der Waals surface area contributed by atoms with Gasteiger partial charge in [-0.25, -0.2) is 4.79 Å². The highest BCUT2D eigenvalue weighted by Gasteiger charge is 2.43. The summed E-state index contributed by atoms with van der Waals surface area (Å²) in [4.78, 5) is 69.7. The predicted molar refractivity (Wildman–Crippen MR) is 187 cm³/mol. The Kier molecular flexibility index (Phi) is 17.2. The molecule has 0 spiro atoms. The van der Waals surface area contributed by atoms with Crippen molar-refractivity contribution in [1.82, 2.24) is 20.4 Å². The molecule has 4 amide bonds. The van der Waals surface area contributed by atoms with Crippen molar-refractivity contribution < 1.29 is 38.2 Å². The molecule has 2 N–H and O–H groups in total. The maximum absolute atomic E-state index is 14.0.